The zero-order valence-electron chi connectivity index (χ0n) is 14.3. The van der Waals surface area contributed by atoms with E-state index >= 15 is 0 Å². The first kappa shape index (κ1) is 17.3. The summed E-state index contributed by atoms with van der Waals surface area (Å²) < 4.78 is 45.2. The average molecular weight is 363 g/mol. The average Bonchev–Trinajstić information content (AvgIpc) is 2.95. The maximum absolute atomic E-state index is 13.4. The van der Waals surface area contributed by atoms with Gasteiger partial charge in [-0.15, -0.1) is 0 Å². The Morgan fingerprint density at radius 3 is 2.52 bits per heavy atom. The van der Waals surface area contributed by atoms with Gasteiger partial charge in [-0.1, -0.05) is 0 Å². The number of hydrogen-bond donors (Lipinski definition) is 0. The molecule has 6 nitrogen and oxygen atoms in total. The molecule has 3 rings (SSSR count). The molecular formula is C17H18FN3O3S. The third-order valence-electron chi connectivity index (χ3n) is 3.91. The van der Waals surface area contributed by atoms with Crippen molar-refractivity contribution in [3.63, 3.8) is 0 Å². The molecule has 0 aliphatic carbocycles. The molecular weight excluding hydrogens is 345 g/mol. The van der Waals surface area contributed by atoms with Gasteiger partial charge in [-0.3, -0.25) is 4.40 Å². The molecule has 0 aliphatic rings. The Balaban J connectivity index is 2.31. The lowest BCUT2D eigenvalue weighted by Crippen LogP contribution is -2.28. The van der Waals surface area contributed by atoms with Crippen LogP contribution in [0.2, 0.25) is 0 Å². The van der Waals surface area contributed by atoms with Gasteiger partial charge in [0.05, 0.1) is 23.7 Å². The van der Waals surface area contributed by atoms with Crippen molar-refractivity contribution in [2.45, 2.75) is 30.4 Å². The van der Waals surface area contributed by atoms with Gasteiger partial charge in [0.25, 0.3) is 0 Å². The second kappa shape index (κ2) is 5.80. The van der Waals surface area contributed by atoms with Crippen molar-refractivity contribution in [3.05, 3.63) is 42.7 Å². The van der Waals surface area contributed by atoms with E-state index in [0.29, 0.717) is 16.9 Å². The highest BCUT2D eigenvalue weighted by molar-refractivity contribution is 7.92. The van der Waals surface area contributed by atoms with Gasteiger partial charge in [-0.05, 0) is 26.8 Å². The number of ether oxygens (including phenoxy) is 1. The molecule has 0 bridgehead atoms. The first-order valence-corrected chi connectivity index (χ1v) is 9.05. The Labute approximate surface area is 145 Å². The molecule has 132 valence electrons. The number of halogens is 1. The van der Waals surface area contributed by atoms with E-state index in [4.69, 9.17) is 4.74 Å². The third-order valence-corrected chi connectivity index (χ3v) is 6.41. The van der Waals surface area contributed by atoms with Crippen LogP contribution in [0, 0.1) is 5.95 Å². The Morgan fingerprint density at radius 2 is 1.92 bits per heavy atom. The van der Waals surface area contributed by atoms with Crippen molar-refractivity contribution in [3.8, 4) is 17.0 Å². The number of imidazole rings is 1. The van der Waals surface area contributed by atoms with Gasteiger partial charge in [-0.2, -0.15) is 4.39 Å². The van der Waals surface area contributed by atoms with Gasteiger partial charge in [-0.25, -0.2) is 18.4 Å². The first-order chi connectivity index (χ1) is 11.6. The molecule has 3 heterocycles. The molecule has 0 unspecified atom stereocenters. The third kappa shape index (κ3) is 2.86. The number of methoxy groups -OCH3 is 1. The highest BCUT2D eigenvalue weighted by Crippen LogP contribution is 2.34. The molecule has 0 amide bonds. The molecule has 0 aliphatic heterocycles. The monoisotopic (exact) mass is 363 g/mol. The number of aromatic nitrogens is 3. The summed E-state index contributed by atoms with van der Waals surface area (Å²) in [7, 11) is -2.24. The largest absolute Gasteiger partial charge is 0.495 e. The zero-order valence-corrected chi connectivity index (χ0v) is 15.1. The van der Waals surface area contributed by atoms with Crippen LogP contribution in [-0.2, 0) is 9.84 Å². The molecule has 0 radical (unpaired) electrons. The summed E-state index contributed by atoms with van der Waals surface area (Å²) in [5.41, 5.74) is 1.60. The van der Waals surface area contributed by atoms with Crippen molar-refractivity contribution in [2.75, 3.05) is 7.11 Å². The summed E-state index contributed by atoms with van der Waals surface area (Å²) in [5.74, 6) is -0.399. The lowest BCUT2D eigenvalue weighted by molar-refractivity contribution is 0.401. The van der Waals surface area contributed by atoms with E-state index in [1.54, 1.807) is 43.5 Å². The standard InChI is InChI=1S/C17H18FN3O3S/c1-17(2,3)25(22,23)14-10-21-12(11-5-6-19-15(18)7-11)9-20-16(21)8-13(14)24-4/h5-10H,1-4H3. The second-order valence-electron chi connectivity index (χ2n) is 6.56. The maximum Gasteiger partial charge on any atom is 0.213 e. The summed E-state index contributed by atoms with van der Waals surface area (Å²) in [6.07, 6.45) is 4.37. The fourth-order valence-electron chi connectivity index (χ4n) is 2.45. The number of nitrogens with zero attached hydrogens (tertiary/aromatic N) is 3. The summed E-state index contributed by atoms with van der Waals surface area (Å²) >= 11 is 0. The van der Waals surface area contributed by atoms with Crippen LogP contribution in [-0.4, -0.2) is 34.6 Å². The SMILES string of the molecule is COc1cc2ncc(-c3ccnc(F)c3)n2cc1S(=O)(=O)C(C)(C)C. The van der Waals surface area contributed by atoms with E-state index in [9.17, 15) is 12.8 Å². The number of pyridine rings is 2. The van der Waals surface area contributed by atoms with E-state index in [0.717, 1.165) is 0 Å². The quantitative estimate of drug-likeness (QED) is 0.669. The molecule has 0 atom stereocenters. The summed E-state index contributed by atoms with van der Waals surface area (Å²) in [4.78, 5) is 7.86. The zero-order chi connectivity index (χ0) is 18.4. The fraction of sp³-hybridized carbons (Fsp3) is 0.294. The van der Waals surface area contributed by atoms with Crippen LogP contribution < -0.4 is 4.74 Å². The predicted octanol–water partition coefficient (Wildman–Crippen LogP) is 3.12. The van der Waals surface area contributed by atoms with Gasteiger partial charge in [0, 0.05) is 30.1 Å². The normalized spacial score (nSPS) is 12.5. The van der Waals surface area contributed by atoms with Crippen LogP contribution in [0.4, 0.5) is 4.39 Å². The van der Waals surface area contributed by atoms with Crippen LogP contribution in [0.1, 0.15) is 20.8 Å². The molecule has 3 aromatic heterocycles. The number of hydrogen-bond acceptors (Lipinski definition) is 5. The van der Waals surface area contributed by atoms with Crippen molar-refractivity contribution >= 4 is 15.5 Å². The van der Waals surface area contributed by atoms with Gasteiger partial charge in [0.15, 0.2) is 9.84 Å². The van der Waals surface area contributed by atoms with Crippen molar-refractivity contribution in [1.29, 1.82) is 0 Å². The highest BCUT2D eigenvalue weighted by atomic mass is 32.2. The maximum atomic E-state index is 13.4. The van der Waals surface area contributed by atoms with E-state index in [-0.39, 0.29) is 10.6 Å². The predicted molar refractivity (Wildman–Crippen MR) is 91.9 cm³/mol. The van der Waals surface area contributed by atoms with Gasteiger partial charge in [0.1, 0.15) is 16.3 Å². The molecule has 0 saturated heterocycles. The first-order valence-electron chi connectivity index (χ1n) is 7.57. The fourth-order valence-corrected chi connectivity index (χ4v) is 3.76. The van der Waals surface area contributed by atoms with Crippen LogP contribution >= 0.6 is 0 Å². The Morgan fingerprint density at radius 1 is 1.20 bits per heavy atom. The summed E-state index contributed by atoms with van der Waals surface area (Å²) in [5, 5.41) is 0. The summed E-state index contributed by atoms with van der Waals surface area (Å²) in [6, 6.07) is 4.46. The van der Waals surface area contributed by atoms with Gasteiger partial charge < -0.3 is 4.74 Å². The van der Waals surface area contributed by atoms with E-state index < -0.39 is 20.5 Å². The van der Waals surface area contributed by atoms with Crippen molar-refractivity contribution < 1.29 is 17.5 Å². The summed E-state index contributed by atoms with van der Waals surface area (Å²) in [6.45, 7) is 4.87. The van der Waals surface area contributed by atoms with Crippen molar-refractivity contribution in [2.24, 2.45) is 0 Å². The van der Waals surface area contributed by atoms with Crippen LogP contribution in [0.5, 0.6) is 5.75 Å². The number of rotatable bonds is 3. The molecule has 8 heteroatoms. The smallest absolute Gasteiger partial charge is 0.213 e. The lowest BCUT2D eigenvalue weighted by atomic mass is 10.2. The Kier molecular flexibility index (Phi) is 4.03. The molecule has 3 aromatic rings. The molecule has 0 aromatic carbocycles. The Hall–Kier alpha value is -2.48. The van der Waals surface area contributed by atoms with Crippen LogP contribution in [0.15, 0.2) is 41.7 Å². The number of fused-ring (bicyclic) bond motifs is 1. The minimum Gasteiger partial charge on any atom is -0.495 e. The van der Waals surface area contributed by atoms with Crippen molar-refractivity contribution in [1.82, 2.24) is 14.4 Å². The minimum absolute atomic E-state index is 0.0591. The highest BCUT2D eigenvalue weighted by Gasteiger charge is 2.34. The van der Waals surface area contributed by atoms with E-state index in [2.05, 4.69) is 9.97 Å². The lowest BCUT2D eigenvalue weighted by Gasteiger charge is -2.21. The van der Waals surface area contributed by atoms with E-state index in [1.807, 2.05) is 0 Å². The van der Waals surface area contributed by atoms with Gasteiger partial charge >= 0.3 is 0 Å². The molecule has 0 spiro atoms. The topological polar surface area (TPSA) is 73.6 Å². The second-order valence-corrected chi connectivity index (χ2v) is 9.23. The van der Waals surface area contributed by atoms with Gasteiger partial charge in [0.2, 0.25) is 5.95 Å². The van der Waals surface area contributed by atoms with E-state index in [1.165, 1.54) is 25.6 Å². The Bertz CT molecular complexity index is 1050. The molecule has 25 heavy (non-hydrogen) atoms. The minimum atomic E-state index is -3.66. The molecule has 0 fully saturated rings. The van der Waals surface area contributed by atoms with Crippen LogP contribution in [0.3, 0.4) is 0 Å². The molecule has 0 saturated carbocycles. The number of sulfone groups is 1. The van der Waals surface area contributed by atoms with Crippen LogP contribution in [0.25, 0.3) is 16.9 Å². The molecule has 0 N–H and O–H groups in total.